The third kappa shape index (κ3) is 7.58. The largest absolute Gasteiger partial charge is 0.443 e. The van der Waals surface area contributed by atoms with Crippen LogP contribution in [0.3, 0.4) is 0 Å². The van der Waals surface area contributed by atoms with Gasteiger partial charge in [0, 0.05) is 35.6 Å². The summed E-state index contributed by atoms with van der Waals surface area (Å²) in [6.45, 7) is 4.34. The summed E-state index contributed by atoms with van der Waals surface area (Å²) in [7, 11) is -4.19. The van der Waals surface area contributed by atoms with Crippen molar-refractivity contribution in [2.24, 2.45) is 11.8 Å². The van der Waals surface area contributed by atoms with Crippen molar-refractivity contribution in [3.05, 3.63) is 95.7 Å². The molecule has 3 aromatic carbocycles. The molecule has 0 aliphatic carbocycles. The fourth-order valence-corrected chi connectivity index (χ4v) is 8.63. The van der Waals surface area contributed by atoms with Crippen molar-refractivity contribution in [2.75, 3.05) is 31.6 Å². The lowest BCUT2D eigenvalue weighted by Crippen LogP contribution is -2.51. The number of rotatable bonds is 12. The second-order valence-corrected chi connectivity index (χ2v) is 15.7. The third-order valence-corrected chi connectivity index (χ3v) is 11.4. The van der Waals surface area contributed by atoms with Crippen LogP contribution >= 0.6 is 0 Å². The van der Waals surface area contributed by atoms with E-state index in [1.165, 1.54) is 16.4 Å². The van der Waals surface area contributed by atoms with Crippen LogP contribution in [-0.4, -0.2) is 85.7 Å². The Bertz CT molecular complexity index is 2010. The van der Waals surface area contributed by atoms with E-state index >= 15 is 0 Å². The minimum Gasteiger partial charge on any atom is -0.443 e. The van der Waals surface area contributed by atoms with E-state index in [0.717, 1.165) is 16.5 Å². The van der Waals surface area contributed by atoms with Crippen LogP contribution in [-0.2, 0) is 35.4 Å². The van der Waals surface area contributed by atoms with Gasteiger partial charge in [-0.2, -0.15) is 4.31 Å². The quantitative estimate of drug-likeness (QED) is 0.153. The van der Waals surface area contributed by atoms with Gasteiger partial charge < -0.3 is 34.9 Å². The maximum Gasteiger partial charge on any atom is 0.407 e. The van der Waals surface area contributed by atoms with Crippen LogP contribution in [0.4, 0.5) is 10.5 Å². The van der Waals surface area contributed by atoms with Crippen LogP contribution in [0.5, 0.6) is 0 Å². The van der Waals surface area contributed by atoms with Crippen molar-refractivity contribution < 1.29 is 37.3 Å². The predicted molar refractivity (Wildman–Crippen MR) is 192 cm³/mol. The van der Waals surface area contributed by atoms with Gasteiger partial charge in [0.25, 0.3) is 5.91 Å². The van der Waals surface area contributed by atoms with Gasteiger partial charge in [0.05, 0.1) is 41.7 Å². The Morgan fingerprint density at radius 2 is 1.84 bits per heavy atom. The molecule has 3 aliphatic rings. The number of nitrogens with zero attached hydrogens (tertiary/aromatic N) is 1. The van der Waals surface area contributed by atoms with Crippen molar-refractivity contribution >= 4 is 50.3 Å². The number of alkyl carbamates (subject to hydrolysis) is 1. The van der Waals surface area contributed by atoms with Gasteiger partial charge in [-0.3, -0.25) is 4.79 Å². The Hall–Kier alpha value is -4.53. The maximum atomic E-state index is 14.4. The molecule has 2 saturated heterocycles. The zero-order chi connectivity index (χ0) is 35.7. The van der Waals surface area contributed by atoms with Gasteiger partial charge in [-0.1, -0.05) is 62.4 Å². The van der Waals surface area contributed by atoms with E-state index in [0.29, 0.717) is 35.5 Å². The Morgan fingerprint density at radius 3 is 2.63 bits per heavy atom. The molecule has 268 valence electrons. The zero-order valence-corrected chi connectivity index (χ0v) is 29.3. The number of fused-ring (bicyclic) bond motifs is 3. The van der Waals surface area contributed by atoms with Crippen LogP contribution in [0.2, 0.25) is 0 Å². The van der Waals surface area contributed by atoms with Gasteiger partial charge in [0.2, 0.25) is 10.0 Å². The van der Waals surface area contributed by atoms with Crippen molar-refractivity contribution in [1.29, 1.82) is 0 Å². The number of hydrogen-bond donors (Lipinski definition) is 4. The highest BCUT2D eigenvalue weighted by Crippen LogP contribution is 2.36. The number of sulfonamides is 1. The van der Waals surface area contributed by atoms with E-state index in [1.807, 2.05) is 74.5 Å². The molecule has 4 heterocycles. The summed E-state index contributed by atoms with van der Waals surface area (Å²) in [6.07, 6.45) is -0.240. The second-order valence-electron chi connectivity index (χ2n) is 13.7. The number of H-pyrrole nitrogens is 1. The fourth-order valence-electron chi connectivity index (χ4n) is 6.98. The lowest BCUT2D eigenvalue weighted by molar-refractivity contribution is -0.110. The number of carbonyl (C=O) groups excluding carboxylic acids is 2. The summed E-state index contributed by atoms with van der Waals surface area (Å²) in [5.74, 6) is -0.485. The van der Waals surface area contributed by atoms with Crippen LogP contribution in [0.15, 0.2) is 83.8 Å². The van der Waals surface area contributed by atoms with E-state index in [2.05, 4.69) is 15.6 Å². The van der Waals surface area contributed by atoms with Gasteiger partial charge in [-0.25, -0.2) is 13.2 Å². The fraction of sp³-hybridized carbons (Fsp3) is 0.368. The highest BCUT2D eigenvalue weighted by molar-refractivity contribution is 7.89. The van der Waals surface area contributed by atoms with Crippen molar-refractivity contribution in [3.63, 3.8) is 0 Å². The number of amides is 2. The summed E-state index contributed by atoms with van der Waals surface area (Å²) in [6, 6.07) is 22.7. The van der Waals surface area contributed by atoms with Crippen LogP contribution in [0, 0.1) is 11.8 Å². The second kappa shape index (κ2) is 14.6. The van der Waals surface area contributed by atoms with E-state index in [-0.39, 0.29) is 48.8 Å². The van der Waals surface area contributed by atoms with Crippen molar-refractivity contribution in [1.82, 2.24) is 14.6 Å². The Labute approximate surface area is 296 Å². The summed E-state index contributed by atoms with van der Waals surface area (Å²) < 4.78 is 46.8. The number of carbonyl (C=O) groups is 2. The number of anilines is 1. The van der Waals surface area contributed by atoms with Gasteiger partial charge in [-0.15, -0.1) is 0 Å². The summed E-state index contributed by atoms with van der Waals surface area (Å²) in [5, 5.41) is 18.3. The van der Waals surface area contributed by atoms with Gasteiger partial charge in [0.1, 0.15) is 6.10 Å². The third-order valence-electron chi connectivity index (χ3n) is 9.53. The number of aromatic nitrogens is 1. The molecule has 1 aromatic heterocycles. The van der Waals surface area contributed by atoms with E-state index < -0.39 is 40.7 Å². The summed E-state index contributed by atoms with van der Waals surface area (Å²) in [5.41, 5.74) is 3.77. The molecule has 3 aliphatic heterocycles. The molecular weight excluding hydrogens is 673 g/mol. The molecule has 0 bridgehead atoms. The summed E-state index contributed by atoms with van der Waals surface area (Å²) >= 11 is 0. The smallest absolute Gasteiger partial charge is 0.407 e. The molecule has 4 aromatic rings. The Balaban J connectivity index is 1.13. The molecule has 12 nitrogen and oxygen atoms in total. The normalized spacial score (nSPS) is 21.9. The van der Waals surface area contributed by atoms with Crippen molar-refractivity contribution in [2.45, 2.75) is 56.1 Å². The number of aromatic amines is 1. The number of aliphatic hydroxyl groups excluding tert-OH is 1. The SMILES string of the molecule is CC(C)CN(CC(O)C(Cc1ccccc1)NC(=O)OC1COC2OCCC12)S(=O)(=O)c1ccc2c(c1)C(=Cc1cc3ccccc3[nH]1)C(=O)N2. The van der Waals surface area contributed by atoms with E-state index in [4.69, 9.17) is 14.2 Å². The molecule has 0 spiro atoms. The van der Waals surface area contributed by atoms with Crippen LogP contribution in [0.25, 0.3) is 22.6 Å². The standard InChI is InChI=1S/C38H42N4O8S/c1-23(2)20-42(21-34(43)33(16-24-8-4-3-5-9-24)41-38(45)50-35-22-49-37-28(35)14-15-48-37)51(46,47)27-12-13-32-29(19-27)30(36(44)40-32)18-26-17-25-10-6-7-11-31(25)39-26/h3-13,17-19,23,28,33-35,37,39,43H,14-16,20-22H2,1-2H3,(H,40,44)(H,41,45). The van der Waals surface area contributed by atoms with Gasteiger partial charge >= 0.3 is 6.09 Å². The number of aliphatic hydroxyl groups is 1. The molecule has 0 saturated carbocycles. The topological polar surface area (TPSA) is 159 Å². The average molecular weight is 715 g/mol. The number of para-hydroxylation sites is 1. The Morgan fingerprint density at radius 1 is 1.06 bits per heavy atom. The maximum absolute atomic E-state index is 14.4. The average Bonchev–Trinajstić information content (AvgIpc) is 3.89. The lowest BCUT2D eigenvalue weighted by Gasteiger charge is -2.31. The summed E-state index contributed by atoms with van der Waals surface area (Å²) in [4.78, 5) is 29.5. The lowest BCUT2D eigenvalue weighted by atomic mass is 10.0. The first-order chi connectivity index (χ1) is 24.5. The Kier molecular flexibility index (Phi) is 9.99. The molecule has 5 atom stereocenters. The highest BCUT2D eigenvalue weighted by Gasteiger charge is 2.44. The molecule has 0 radical (unpaired) electrons. The first-order valence-corrected chi connectivity index (χ1v) is 18.7. The molecule has 2 fully saturated rings. The molecular formula is C38H42N4O8S. The minimum atomic E-state index is -4.19. The van der Waals surface area contributed by atoms with Crippen molar-refractivity contribution in [3.8, 4) is 0 Å². The molecule has 51 heavy (non-hydrogen) atoms. The zero-order valence-electron chi connectivity index (χ0n) is 28.5. The first kappa shape index (κ1) is 34.9. The monoisotopic (exact) mass is 714 g/mol. The van der Waals surface area contributed by atoms with E-state index in [1.54, 1.807) is 12.1 Å². The van der Waals surface area contributed by atoms with Crippen LogP contribution < -0.4 is 10.6 Å². The number of nitrogens with one attached hydrogen (secondary N) is 3. The van der Waals surface area contributed by atoms with Gasteiger partial charge in [-0.05, 0) is 66.1 Å². The molecule has 13 heteroatoms. The number of hydrogen-bond acceptors (Lipinski definition) is 8. The molecule has 4 N–H and O–H groups in total. The van der Waals surface area contributed by atoms with Crippen LogP contribution in [0.1, 0.15) is 37.1 Å². The highest BCUT2D eigenvalue weighted by atomic mass is 32.2. The molecule has 7 rings (SSSR count). The number of benzene rings is 3. The molecule has 5 unspecified atom stereocenters. The molecule has 2 amide bonds. The van der Waals surface area contributed by atoms with E-state index in [9.17, 15) is 23.1 Å². The predicted octanol–water partition coefficient (Wildman–Crippen LogP) is 4.77. The van der Waals surface area contributed by atoms with Gasteiger partial charge in [0.15, 0.2) is 6.29 Å². The first-order valence-electron chi connectivity index (χ1n) is 17.2. The number of ether oxygens (including phenoxy) is 3. The minimum absolute atomic E-state index is 0.0188.